The Morgan fingerprint density at radius 3 is 2.89 bits per heavy atom. The van der Waals surface area contributed by atoms with Crippen LogP contribution < -0.4 is 0 Å². The van der Waals surface area contributed by atoms with Crippen LogP contribution in [0.5, 0.6) is 0 Å². The van der Waals surface area contributed by atoms with Crippen LogP contribution in [0.25, 0.3) is 11.0 Å². The number of imidazole rings is 1. The summed E-state index contributed by atoms with van der Waals surface area (Å²) in [6.07, 6.45) is 2.91. The van der Waals surface area contributed by atoms with Crippen molar-refractivity contribution in [3.8, 4) is 0 Å². The molecule has 0 aliphatic heterocycles. The fraction of sp³-hybridized carbons (Fsp3) is 0.500. The largest absolute Gasteiger partial charge is 0.325 e. The maximum absolute atomic E-state index is 13.2. The minimum atomic E-state index is -0.243. The molecule has 0 amide bonds. The van der Waals surface area contributed by atoms with Gasteiger partial charge in [0.25, 0.3) is 0 Å². The molecule has 18 heavy (non-hydrogen) atoms. The summed E-state index contributed by atoms with van der Waals surface area (Å²) in [6, 6.07) is 5.15. The Bertz CT molecular complexity index is 536. The normalized spacial score (nSPS) is 13.1. The lowest BCUT2D eigenvalue weighted by Gasteiger charge is -2.16. The fourth-order valence-corrected chi connectivity index (χ4v) is 2.59. The van der Waals surface area contributed by atoms with Crippen LogP contribution in [0, 0.1) is 5.82 Å². The predicted molar refractivity (Wildman–Crippen MR) is 73.7 cm³/mol. The second kappa shape index (κ2) is 5.70. The lowest BCUT2D eigenvalue weighted by atomic mass is 10.2. The molecule has 2 rings (SSSR count). The van der Waals surface area contributed by atoms with Gasteiger partial charge in [-0.15, -0.1) is 11.6 Å². The molecule has 1 unspecified atom stereocenters. The van der Waals surface area contributed by atoms with Crippen LogP contribution >= 0.6 is 11.6 Å². The third-order valence-corrected chi connectivity index (χ3v) is 3.38. The van der Waals surface area contributed by atoms with Gasteiger partial charge in [-0.3, -0.25) is 0 Å². The number of aromatic nitrogens is 2. The SMILES string of the molecule is CCCC(C)n1c(CCCl)nc2cc(F)ccc21. The third-order valence-electron chi connectivity index (χ3n) is 3.19. The molecule has 0 saturated heterocycles. The van der Waals surface area contributed by atoms with Crippen molar-refractivity contribution in [3.05, 3.63) is 29.8 Å². The van der Waals surface area contributed by atoms with E-state index in [0.29, 0.717) is 18.3 Å². The molecule has 0 saturated carbocycles. The standard InChI is InChI=1S/C14H18ClFN2/c1-3-4-10(2)18-13-6-5-11(16)9-12(13)17-14(18)7-8-15/h5-6,9-10H,3-4,7-8H2,1-2H3. The number of aryl methyl sites for hydroxylation is 1. The first-order valence-corrected chi connectivity index (χ1v) is 6.93. The maximum atomic E-state index is 13.2. The number of alkyl halides is 1. The van der Waals surface area contributed by atoms with Crippen LogP contribution in [0.4, 0.5) is 4.39 Å². The number of nitrogens with zero attached hydrogens (tertiary/aromatic N) is 2. The number of rotatable bonds is 5. The van der Waals surface area contributed by atoms with Crippen LogP contribution in [-0.4, -0.2) is 15.4 Å². The molecule has 1 aromatic carbocycles. The highest BCUT2D eigenvalue weighted by Gasteiger charge is 2.15. The Hall–Kier alpha value is -1.09. The molecule has 0 N–H and O–H groups in total. The zero-order chi connectivity index (χ0) is 13.1. The van der Waals surface area contributed by atoms with E-state index in [1.54, 1.807) is 0 Å². The first-order chi connectivity index (χ1) is 8.67. The van der Waals surface area contributed by atoms with Gasteiger partial charge in [0.2, 0.25) is 0 Å². The fourth-order valence-electron chi connectivity index (χ4n) is 2.42. The van der Waals surface area contributed by atoms with Gasteiger partial charge in [-0.25, -0.2) is 9.37 Å². The highest BCUT2D eigenvalue weighted by Crippen LogP contribution is 2.25. The van der Waals surface area contributed by atoms with Gasteiger partial charge in [-0.1, -0.05) is 13.3 Å². The number of halogens is 2. The van der Waals surface area contributed by atoms with Gasteiger partial charge in [0.1, 0.15) is 11.6 Å². The summed E-state index contributed by atoms with van der Waals surface area (Å²) in [6.45, 7) is 4.34. The Labute approximate surface area is 112 Å². The summed E-state index contributed by atoms with van der Waals surface area (Å²) < 4.78 is 15.4. The number of fused-ring (bicyclic) bond motifs is 1. The van der Waals surface area contributed by atoms with E-state index in [0.717, 1.165) is 29.7 Å². The molecule has 0 spiro atoms. The third kappa shape index (κ3) is 2.51. The monoisotopic (exact) mass is 268 g/mol. The Morgan fingerprint density at radius 2 is 2.22 bits per heavy atom. The summed E-state index contributed by atoms with van der Waals surface area (Å²) in [4.78, 5) is 4.51. The summed E-state index contributed by atoms with van der Waals surface area (Å²) in [7, 11) is 0. The van der Waals surface area contributed by atoms with Crippen molar-refractivity contribution in [2.75, 3.05) is 5.88 Å². The highest BCUT2D eigenvalue weighted by atomic mass is 35.5. The average molecular weight is 269 g/mol. The van der Waals surface area contributed by atoms with E-state index in [2.05, 4.69) is 23.4 Å². The van der Waals surface area contributed by atoms with E-state index in [-0.39, 0.29) is 5.82 Å². The van der Waals surface area contributed by atoms with Crippen molar-refractivity contribution < 1.29 is 4.39 Å². The quantitative estimate of drug-likeness (QED) is 0.739. The molecular weight excluding hydrogens is 251 g/mol. The van der Waals surface area contributed by atoms with E-state index in [1.165, 1.54) is 12.1 Å². The molecule has 2 nitrogen and oxygen atoms in total. The molecule has 2 aromatic rings. The first kappa shape index (κ1) is 13.3. The van der Waals surface area contributed by atoms with Crippen molar-refractivity contribution in [2.45, 2.75) is 39.2 Å². The molecule has 0 aliphatic rings. The van der Waals surface area contributed by atoms with Crippen molar-refractivity contribution in [1.29, 1.82) is 0 Å². The molecular formula is C14H18ClFN2. The second-order valence-corrected chi connectivity index (χ2v) is 4.99. The second-order valence-electron chi connectivity index (χ2n) is 4.61. The minimum Gasteiger partial charge on any atom is -0.325 e. The van der Waals surface area contributed by atoms with Crippen molar-refractivity contribution >= 4 is 22.6 Å². The minimum absolute atomic E-state index is 0.243. The summed E-state index contributed by atoms with van der Waals surface area (Å²) in [5.41, 5.74) is 1.72. The van der Waals surface area contributed by atoms with Crippen LogP contribution in [0.15, 0.2) is 18.2 Å². The molecule has 4 heteroatoms. The lowest BCUT2D eigenvalue weighted by molar-refractivity contribution is 0.496. The van der Waals surface area contributed by atoms with Crippen molar-refractivity contribution in [1.82, 2.24) is 9.55 Å². The predicted octanol–water partition coefficient (Wildman–Crippen LogP) is 4.32. The van der Waals surface area contributed by atoms with Crippen LogP contribution in [0.1, 0.15) is 38.6 Å². The van der Waals surface area contributed by atoms with Crippen LogP contribution in [0.2, 0.25) is 0 Å². The molecule has 1 heterocycles. The molecule has 0 fully saturated rings. The first-order valence-electron chi connectivity index (χ1n) is 6.39. The van der Waals surface area contributed by atoms with Crippen LogP contribution in [0.3, 0.4) is 0 Å². The highest BCUT2D eigenvalue weighted by molar-refractivity contribution is 6.17. The van der Waals surface area contributed by atoms with Gasteiger partial charge in [0.15, 0.2) is 0 Å². The van der Waals surface area contributed by atoms with Crippen LogP contribution in [-0.2, 0) is 6.42 Å². The van der Waals surface area contributed by atoms with Gasteiger partial charge in [-0.2, -0.15) is 0 Å². The molecule has 1 aromatic heterocycles. The summed E-state index contributed by atoms with van der Waals surface area (Å²) in [5, 5.41) is 0. The van der Waals surface area contributed by atoms with Gasteiger partial charge in [-0.05, 0) is 25.5 Å². The van der Waals surface area contributed by atoms with E-state index in [9.17, 15) is 4.39 Å². The maximum Gasteiger partial charge on any atom is 0.125 e. The van der Waals surface area contributed by atoms with Crippen molar-refractivity contribution in [3.63, 3.8) is 0 Å². The lowest BCUT2D eigenvalue weighted by Crippen LogP contribution is -2.09. The van der Waals surface area contributed by atoms with Gasteiger partial charge in [0.05, 0.1) is 11.0 Å². The smallest absolute Gasteiger partial charge is 0.125 e. The van der Waals surface area contributed by atoms with Gasteiger partial charge in [0, 0.05) is 24.4 Å². The number of hydrogen-bond donors (Lipinski definition) is 0. The topological polar surface area (TPSA) is 17.8 Å². The molecule has 1 atom stereocenters. The van der Waals surface area contributed by atoms with Crippen molar-refractivity contribution in [2.24, 2.45) is 0 Å². The van der Waals surface area contributed by atoms with E-state index in [1.807, 2.05) is 6.07 Å². The van der Waals surface area contributed by atoms with Gasteiger partial charge >= 0.3 is 0 Å². The van der Waals surface area contributed by atoms with E-state index in [4.69, 9.17) is 11.6 Å². The summed E-state index contributed by atoms with van der Waals surface area (Å²) in [5.74, 6) is 1.24. The Kier molecular flexibility index (Phi) is 4.23. The summed E-state index contributed by atoms with van der Waals surface area (Å²) >= 11 is 5.82. The molecule has 98 valence electrons. The molecule has 0 radical (unpaired) electrons. The number of benzene rings is 1. The Balaban J connectivity index is 2.54. The number of hydrogen-bond acceptors (Lipinski definition) is 1. The average Bonchev–Trinajstić information content (AvgIpc) is 2.67. The molecule has 0 bridgehead atoms. The van der Waals surface area contributed by atoms with E-state index < -0.39 is 0 Å². The zero-order valence-electron chi connectivity index (χ0n) is 10.8. The molecule has 0 aliphatic carbocycles. The van der Waals surface area contributed by atoms with E-state index >= 15 is 0 Å². The van der Waals surface area contributed by atoms with Gasteiger partial charge < -0.3 is 4.57 Å². The zero-order valence-corrected chi connectivity index (χ0v) is 11.5. The Morgan fingerprint density at radius 1 is 1.44 bits per heavy atom.